The average molecular weight is 281 g/mol. The molecular formula is C14H19NO3S. The molecule has 0 aliphatic heterocycles. The molecule has 1 aliphatic rings. The van der Waals surface area contributed by atoms with Gasteiger partial charge in [-0.1, -0.05) is 6.92 Å². The Morgan fingerprint density at radius 1 is 1.47 bits per heavy atom. The van der Waals surface area contributed by atoms with Crippen LogP contribution >= 0.6 is 11.3 Å². The number of thiophene rings is 1. The van der Waals surface area contributed by atoms with Crippen LogP contribution in [-0.4, -0.2) is 18.5 Å². The van der Waals surface area contributed by atoms with Crippen LogP contribution in [0.15, 0.2) is 0 Å². The first kappa shape index (κ1) is 14.1. The molecule has 0 bridgehead atoms. The molecule has 1 aromatic heterocycles. The van der Waals surface area contributed by atoms with Crippen LogP contribution in [0.4, 0.5) is 5.00 Å². The summed E-state index contributed by atoms with van der Waals surface area (Å²) in [6, 6.07) is 0. The molecule has 1 unspecified atom stereocenters. The van der Waals surface area contributed by atoms with Crippen molar-refractivity contribution in [3.8, 4) is 0 Å². The number of nitrogens with one attached hydrogen (secondary N) is 1. The molecule has 1 aromatic rings. The van der Waals surface area contributed by atoms with E-state index in [9.17, 15) is 9.59 Å². The minimum Gasteiger partial charge on any atom is -0.462 e. The molecule has 104 valence electrons. The summed E-state index contributed by atoms with van der Waals surface area (Å²) in [5.74, 6) is 0.155. The van der Waals surface area contributed by atoms with Crippen molar-refractivity contribution in [2.75, 3.05) is 11.9 Å². The predicted molar refractivity (Wildman–Crippen MR) is 75.8 cm³/mol. The van der Waals surface area contributed by atoms with E-state index in [4.69, 9.17) is 4.74 Å². The number of hydrogen-bond acceptors (Lipinski definition) is 4. The molecule has 0 spiro atoms. The van der Waals surface area contributed by atoms with Gasteiger partial charge >= 0.3 is 5.97 Å². The third-order valence-electron chi connectivity index (χ3n) is 3.28. The van der Waals surface area contributed by atoms with Gasteiger partial charge in [0, 0.05) is 11.8 Å². The lowest BCUT2D eigenvalue weighted by atomic mass is 9.88. The van der Waals surface area contributed by atoms with Crippen LogP contribution in [-0.2, 0) is 22.4 Å². The number of carbonyl (C=O) groups excluding carboxylic acids is 2. The highest BCUT2D eigenvalue weighted by atomic mass is 32.1. The molecule has 1 heterocycles. The third-order valence-corrected chi connectivity index (χ3v) is 4.45. The van der Waals surface area contributed by atoms with E-state index in [1.165, 1.54) is 23.1 Å². The number of anilines is 1. The Morgan fingerprint density at radius 2 is 2.21 bits per heavy atom. The maximum atomic E-state index is 12.1. The van der Waals surface area contributed by atoms with E-state index in [0.717, 1.165) is 24.8 Å². The molecule has 4 nitrogen and oxygen atoms in total. The maximum absolute atomic E-state index is 12.1. The highest BCUT2D eigenvalue weighted by Crippen LogP contribution is 2.39. The molecule has 0 radical (unpaired) electrons. The first-order valence-corrected chi connectivity index (χ1v) is 7.43. The van der Waals surface area contributed by atoms with Gasteiger partial charge in [0.05, 0.1) is 12.2 Å². The van der Waals surface area contributed by atoms with Crippen molar-refractivity contribution >= 4 is 28.2 Å². The first-order chi connectivity index (χ1) is 9.02. The number of fused-ring (bicyclic) bond motifs is 1. The van der Waals surface area contributed by atoms with Gasteiger partial charge in [0.25, 0.3) is 0 Å². The van der Waals surface area contributed by atoms with E-state index >= 15 is 0 Å². The molecule has 0 aromatic carbocycles. The number of carbonyl (C=O) groups is 2. The van der Waals surface area contributed by atoms with Gasteiger partial charge in [-0.2, -0.15) is 0 Å². The number of ether oxygens (including phenoxy) is 1. The molecule has 1 atom stereocenters. The molecule has 0 saturated heterocycles. The van der Waals surface area contributed by atoms with Gasteiger partial charge in [0.2, 0.25) is 5.91 Å². The van der Waals surface area contributed by atoms with Gasteiger partial charge in [-0.15, -0.1) is 11.3 Å². The third kappa shape index (κ3) is 2.97. The SMILES string of the molecule is CCOC(=O)c1c(NC(C)=O)sc2c1CCC(C)C2. The summed E-state index contributed by atoms with van der Waals surface area (Å²) in [5.41, 5.74) is 1.65. The summed E-state index contributed by atoms with van der Waals surface area (Å²) in [5, 5.41) is 3.41. The topological polar surface area (TPSA) is 55.4 Å². The highest BCUT2D eigenvalue weighted by Gasteiger charge is 2.28. The summed E-state index contributed by atoms with van der Waals surface area (Å²) < 4.78 is 5.12. The molecule has 0 saturated carbocycles. The summed E-state index contributed by atoms with van der Waals surface area (Å²) >= 11 is 1.52. The standard InChI is InChI=1S/C14H19NO3S/c1-4-18-14(17)12-10-6-5-8(2)7-11(10)19-13(12)15-9(3)16/h8H,4-7H2,1-3H3,(H,15,16). The van der Waals surface area contributed by atoms with E-state index in [1.807, 2.05) is 0 Å². The zero-order chi connectivity index (χ0) is 14.0. The van der Waals surface area contributed by atoms with Crippen molar-refractivity contribution in [2.45, 2.75) is 40.0 Å². The molecule has 19 heavy (non-hydrogen) atoms. The smallest absolute Gasteiger partial charge is 0.341 e. The van der Waals surface area contributed by atoms with E-state index in [-0.39, 0.29) is 11.9 Å². The molecule has 0 fully saturated rings. The van der Waals surface area contributed by atoms with Gasteiger partial charge in [0.15, 0.2) is 0 Å². The fraction of sp³-hybridized carbons (Fsp3) is 0.571. The average Bonchev–Trinajstić information content (AvgIpc) is 2.65. The van der Waals surface area contributed by atoms with Crippen LogP contribution < -0.4 is 5.32 Å². The van der Waals surface area contributed by atoms with Crippen LogP contribution in [0.2, 0.25) is 0 Å². The van der Waals surface area contributed by atoms with E-state index in [2.05, 4.69) is 12.2 Å². The van der Waals surface area contributed by atoms with Crippen molar-refractivity contribution in [3.63, 3.8) is 0 Å². The van der Waals surface area contributed by atoms with Crippen LogP contribution in [0.5, 0.6) is 0 Å². The van der Waals surface area contributed by atoms with E-state index in [0.29, 0.717) is 23.1 Å². The molecule has 1 aliphatic carbocycles. The first-order valence-electron chi connectivity index (χ1n) is 6.62. The zero-order valence-electron chi connectivity index (χ0n) is 11.5. The predicted octanol–water partition coefficient (Wildman–Crippen LogP) is 3.01. The highest BCUT2D eigenvalue weighted by molar-refractivity contribution is 7.17. The fourth-order valence-corrected chi connectivity index (χ4v) is 3.86. The van der Waals surface area contributed by atoms with Gasteiger partial charge in [0.1, 0.15) is 5.00 Å². The molecule has 2 rings (SSSR count). The zero-order valence-corrected chi connectivity index (χ0v) is 12.4. The molecular weight excluding hydrogens is 262 g/mol. The van der Waals surface area contributed by atoms with Crippen molar-refractivity contribution in [1.29, 1.82) is 0 Å². The second-order valence-electron chi connectivity index (χ2n) is 4.96. The van der Waals surface area contributed by atoms with Crippen LogP contribution in [0.1, 0.15) is 48.0 Å². The van der Waals surface area contributed by atoms with Crippen LogP contribution in [0, 0.1) is 5.92 Å². The van der Waals surface area contributed by atoms with Gasteiger partial charge in [-0.25, -0.2) is 4.79 Å². The largest absolute Gasteiger partial charge is 0.462 e. The van der Waals surface area contributed by atoms with Crippen molar-refractivity contribution in [1.82, 2.24) is 0 Å². The molecule has 1 amide bonds. The summed E-state index contributed by atoms with van der Waals surface area (Å²) in [6.45, 7) is 5.80. The lowest BCUT2D eigenvalue weighted by molar-refractivity contribution is -0.114. The van der Waals surface area contributed by atoms with Gasteiger partial charge in [-0.3, -0.25) is 4.79 Å². The number of esters is 1. The Balaban J connectivity index is 2.41. The second-order valence-corrected chi connectivity index (χ2v) is 6.06. The maximum Gasteiger partial charge on any atom is 0.341 e. The number of rotatable bonds is 3. The Morgan fingerprint density at radius 3 is 2.84 bits per heavy atom. The monoisotopic (exact) mass is 281 g/mol. The minimum atomic E-state index is -0.321. The van der Waals surface area contributed by atoms with Gasteiger partial charge < -0.3 is 10.1 Å². The number of hydrogen-bond donors (Lipinski definition) is 1. The lowest BCUT2D eigenvalue weighted by Crippen LogP contribution is -2.15. The van der Waals surface area contributed by atoms with Gasteiger partial charge in [-0.05, 0) is 37.7 Å². The van der Waals surface area contributed by atoms with E-state index < -0.39 is 0 Å². The molecule has 5 heteroatoms. The Bertz CT molecular complexity index is 507. The Kier molecular flexibility index (Phi) is 4.24. The summed E-state index contributed by atoms with van der Waals surface area (Å²) in [7, 11) is 0. The van der Waals surface area contributed by atoms with E-state index in [1.54, 1.807) is 6.92 Å². The minimum absolute atomic E-state index is 0.155. The second kappa shape index (κ2) is 5.74. The Hall–Kier alpha value is -1.36. The van der Waals surface area contributed by atoms with Crippen molar-refractivity contribution in [3.05, 3.63) is 16.0 Å². The lowest BCUT2D eigenvalue weighted by Gasteiger charge is -2.18. The molecule has 1 N–H and O–H groups in total. The quantitative estimate of drug-likeness (QED) is 0.866. The normalized spacial score (nSPS) is 17.7. The fourth-order valence-electron chi connectivity index (χ4n) is 2.42. The Labute approximate surface area is 117 Å². The van der Waals surface area contributed by atoms with Crippen LogP contribution in [0.3, 0.4) is 0 Å². The number of amides is 1. The van der Waals surface area contributed by atoms with Crippen molar-refractivity contribution in [2.24, 2.45) is 5.92 Å². The summed E-state index contributed by atoms with van der Waals surface area (Å²) in [4.78, 5) is 24.6. The van der Waals surface area contributed by atoms with Crippen molar-refractivity contribution < 1.29 is 14.3 Å². The summed E-state index contributed by atoms with van der Waals surface area (Å²) in [6.07, 6.45) is 2.95. The van der Waals surface area contributed by atoms with Crippen LogP contribution in [0.25, 0.3) is 0 Å².